The van der Waals surface area contributed by atoms with Crippen molar-refractivity contribution in [2.24, 2.45) is 0 Å². The first-order chi connectivity index (χ1) is 10.8. The largest absolute Gasteiger partial charge is 0.347 e. The molecule has 2 rings (SSSR count). The summed E-state index contributed by atoms with van der Waals surface area (Å²) in [5.41, 5.74) is 4.84. The van der Waals surface area contributed by atoms with E-state index in [1.807, 2.05) is 4.72 Å². The Morgan fingerprint density at radius 2 is 1.48 bits per heavy atom. The molecule has 0 bridgehead atoms. The van der Waals surface area contributed by atoms with Crippen LogP contribution < -0.4 is 15.6 Å². The van der Waals surface area contributed by atoms with Crippen LogP contribution in [0.4, 0.5) is 10.5 Å². The predicted molar refractivity (Wildman–Crippen MR) is 90.4 cm³/mol. The highest BCUT2D eigenvalue weighted by molar-refractivity contribution is 7.90. The maximum Gasteiger partial charge on any atom is 0.347 e. The Hall–Kier alpha value is -1.67. The van der Waals surface area contributed by atoms with Crippen LogP contribution in [-0.4, -0.2) is 14.4 Å². The summed E-state index contributed by atoms with van der Waals surface area (Å²) in [6.45, 7) is 0. The summed E-state index contributed by atoms with van der Waals surface area (Å²) in [6.07, 6.45) is 0. The number of halogens is 3. The van der Waals surface area contributed by atoms with Crippen LogP contribution >= 0.6 is 34.8 Å². The lowest BCUT2D eigenvalue weighted by atomic mass is 10.3. The summed E-state index contributed by atoms with van der Waals surface area (Å²) < 4.78 is 25.8. The van der Waals surface area contributed by atoms with Crippen LogP contribution in [-0.2, 0) is 10.0 Å². The monoisotopic (exact) mass is 393 g/mol. The van der Waals surface area contributed by atoms with Crippen molar-refractivity contribution in [1.29, 1.82) is 0 Å². The normalized spacial score (nSPS) is 10.9. The van der Waals surface area contributed by atoms with Gasteiger partial charge in [-0.3, -0.25) is 10.9 Å². The number of benzene rings is 2. The average molecular weight is 395 g/mol. The summed E-state index contributed by atoms with van der Waals surface area (Å²) in [5, 5.41) is 0.903. The van der Waals surface area contributed by atoms with Gasteiger partial charge in [0.25, 0.3) is 10.0 Å². The minimum absolute atomic E-state index is 0.104. The number of amides is 2. The first-order valence-electron chi connectivity index (χ1n) is 6.08. The van der Waals surface area contributed by atoms with Crippen molar-refractivity contribution in [2.45, 2.75) is 4.90 Å². The SMILES string of the molecule is O=C(NNc1c(Cl)cccc1Cl)NS(=O)(=O)c1ccc(Cl)cc1. The van der Waals surface area contributed by atoms with Crippen molar-refractivity contribution in [3.63, 3.8) is 0 Å². The van der Waals surface area contributed by atoms with E-state index in [2.05, 4.69) is 10.9 Å². The van der Waals surface area contributed by atoms with Crippen molar-refractivity contribution in [2.75, 3.05) is 5.43 Å². The van der Waals surface area contributed by atoms with E-state index >= 15 is 0 Å². The molecule has 0 aliphatic rings. The molecule has 0 aliphatic heterocycles. The molecule has 0 aromatic heterocycles. The van der Waals surface area contributed by atoms with Gasteiger partial charge in [0, 0.05) is 5.02 Å². The number of rotatable bonds is 4. The van der Waals surface area contributed by atoms with E-state index < -0.39 is 16.1 Å². The van der Waals surface area contributed by atoms with Crippen molar-refractivity contribution in [3.8, 4) is 0 Å². The van der Waals surface area contributed by atoms with Gasteiger partial charge >= 0.3 is 6.03 Å². The lowest BCUT2D eigenvalue weighted by Crippen LogP contribution is -2.42. The fraction of sp³-hybridized carbons (Fsp3) is 0. The molecular formula is C13H10Cl3N3O3S. The molecule has 0 saturated heterocycles. The number of hydrazine groups is 1. The summed E-state index contributed by atoms with van der Waals surface area (Å²) in [7, 11) is -4.03. The topological polar surface area (TPSA) is 87.3 Å². The lowest BCUT2D eigenvalue weighted by molar-refractivity contribution is 0.247. The van der Waals surface area contributed by atoms with Crippen molar-refractivity contribution in [1.82, 2.24) is 10.1 Å². The molecule has 0 fully saturated rings. The van der Waals surface area contributed by atoms with E-state index in [1.54, 1.807) is 18.2 Å². The van der Waals surface area contributed by atoms with E-state index in [0.29, 0.717) is 5.02 Å². The molecule has 0 saturated carbocycles. The number of urea groups is 1. The number of sulfonamides is 1. The minimum Gasteiger partial charge on any atom is -0.294 e. The van der Waals surface area contributed by atoms with Gasteiger partial charge in [-0.1, -0.05) is 40.9 Å². The van der Waals surface area contributed by atoms with Crippen LogP contribution in [0.15, 0.2) is 47.4 Å². The van der Waals surface area contributed by atoms with Gasteiger partial charge in [0.15, 0.2) is 0 Å². The Labute approximate surface area is 147 Å². The predicted octanol–water partition coefficient (Wildman–Crippen LogP) is 3.66. The van der Waals surface area contributed by atoms with Gasteiger partial charge in [0.2, 0.25) is 0 Å². The van der Waals surface area contributed by atoms with Crippen LogP contribution in [0.25, 0.3) is 0 Å². The minimum atomic E-state index is -4.03. The van der Waals surface area contributed by atoms with Crippen LogP contribution in [0.2, 0.25) is 15.1 Å². The second kappa shape index (κ2) is 7.27. The molecule has 0 heterocycles. The van der Waals surface area contributed by atoms with Gasteiger partial charge in [0.05, 0.1) is 20.6 Å². The highest BCUT2D eigenvalue weighted by Gasteiger charge is 2.17. The zero-order valence-electron chi connectivity index (χ0n) is 11.3. The Balaban J connectivity index is 2.03. The quantitative estimate of drug-likeness (QED) is 0.691. The highest BCUT2D eigenvalue weighted by Crippen LogP contribution is 2.28. The first-order valence-corrected chi connectivity index (χ1v) is 8.70. The number of carbonyl (C=O) groups is 1. The molecule has 0 spiro atoms. The van der Waals surface area contributed by atoms with Gasteiger partial charge in [-0.2, -0.15) is 0 Å². The Bertz CT molecular complexity index is 806. The van der Waals surface area contributed by atoms with Crippen LogP contribution in [0.1, 0.15) is 0 Å². The Kier molecular flexibility index (Phi) is 5.59. The van der Waals surface area contributed by atoms with E-state index in [-0.39, 0.29) is 20.6 Å². The summed E-state index contributed by atoms with van der Waals surface area (Å²) in [4.78, 5) is 11.6. The molecule has 0 unspecified atom stereocenters. The smallest absolute Gasteiger partial charge is 0.294 e. The molecule has 3 N–H and O–H groups in total. The van der Waals surface area contributed by atoms with E-state index in [4.69, 9.17) is 34.8 Å². The van der Waals surface area contributed by atoms with E-state index in [9.17, 15) is 13.2 Å². The second-order valence-electron chi connectivity index (χ2n) is 4.24. The molecule has 2 aromatic carbocycles. The third kappa shape index (κ3) is 4.65. The second-order valence-corrected chi connectivity index (χ2v) is 7.17. The van der Waals surface area contributed by atoms with Crippen LogP contribution in [0.3, 0.4) is 0 Å². The summed E-state index contributed by atoms with van der Waals surface area (Å²) in [5.74, 6) is 0. The molecule has 6 nitrogen and oxygen atoms in total. The maximum absolute atomic E-state index is 12.0. The number of carbonyl (C=O) groups excluding carboxylic acids is 1. The average Bonchev–Trinajstić information content (AvgIpc) is 2.46. The van der Waals surface area contributed by atoms with Crippen molar-refractivity contribution < 1.29 is 13.2 Å². The number of nitrogens with one attached hydrogen (secondary N) is 3. The number of anilines is 1. The number of hydrogen-bond donors (Lipinski definition) is 3. The Morgan fingerprint density at radius 1 is 0.913 bits per heavy atom. The fourth-order valence-corrected chi connectivity index (χ4v) is 3.08. The van der Waals surface area contributed by atoms with Gasteiger partial charge in [0.1, 0.15) is 0 Å². The molecule has 122 valence electrons. The molecule has 0 radical (unpaired) electrons. The van der Waals surface area contributed by atoms with Crippen LogP contribution in [0.5, 0.6) is 0 Å². The van der Waals surface area contributed by atoms with Gasteiger partial charge < -0.3 is 0 Å². The summed E-state index contributed by atoms with van der Waals surface area (Å²) in [6, 6.07) is 9.08. The molecule has 2 aromatic rings. The van der Waals surface area contributed by atoms with Gasteiger partial charge in [-0.15, -0.1) is 0 Å². The third-order valence-corrected chi connectivity index (χ3v) is 4.84. The molecular weight excluding hydrogens is 385 g/mol. The molecule has 10 heteroatoms. The maximum atomic E-state index is 12.0. The third-order valence-electron chi connectivity index (χ3n) is 2.61. The van der Waals surface area contributed by atoms with Gasteiger partial charge in [-0.25, -0.2) is 17.9 Å². The van der Waals surface area contributed by atoms with E-state index in [1.165, 1.54) is 24.3 Å². The van der Waals surface area contributed by atoms with Crippen molar-refractivity contribution >= 4 is 56.5 Å². The molecule has 2 amide bonds. The highest BCUT2D eigenvalue weighted by atomic mass is 35.5. The lowest BCUT2D eigenvalue weighted by Gasteiger charge is -2.12. The standard InChI is InChI=1S/C13H10Cl3N3O3S/c14-8-4-6-9(7-5-8)23(21,22)19-13(20)18-17-12-10(15)2-1-3-11(12)16/h1-7,17H,(H2,18,19,20). The Morgan fingerprint density at radius 3 is 2.04 bits per heavy atom. The number of hydrogen-bond acceptors (Lipinski definition) is 4. The fourth-order valence-electron chi connectivity index (χ4n) is 1.56. The first kappa shape index (κ1) is 17.7. The van der Waals surface area contributed by atoms with Gasteiger partial charge in [-0.05, 0) is 36.4 Å². The summed E-state index contributed by atoms with van der Waals surface area (Å²) >= 11 is 17.5. The zero-order valence-corrected chi connectivity index (χ0v) is 14.4. The van der Waals surface area contributed by atoms with E-state index in [0.717, 1.165) is 0 Å². The zero-order chi connectivity index (χ0) is 17.0. The molecule has 23 heavy (non-hydrogen) atoms. The van der Waals surface area contributed by atoms with Crippen molar-refractivity contribution in [3.05, 3.63) is 57.5 Å². The number of para-hydroxylation sites is 1. The molecule has 0 aliphatic carbocycles. The van der Waals surface area contributed by atoms with Crippen LogP contribution in [0, 0.1) is 0 Å². The molecule has 0 atom stereocenters.